The van der Waals surface area contributed by atoms with Crippen molar-refractivity contribution < 1.29 is 14.4 Å². The monoisotopic (exact) mass is 385 g/mol. The van der Waals surface area contributed by atoms with E-state index < -0.39 is 11.6 Å². The normalized spacial score (nSPS) is 26.3. The highest BCUT2D eigenvalue weighted by Gasteiger charge is 2.53. The first kappa shape index (κ1) is 20.4. The van der Waals surface area contributed by atoms with E-state index in [4.69, 9.17) is 0 Å². The third-order valence-electron chi connectivity index (χ3n) is 6.29. The highest BCUT2D eigenvalue weighted by Crippen LogP contribution is 2.43. The van der Waals surface area contributed by atoms with Gasteiger partial charge in [-0.3, -0.25) is 14.5 Å². The molecule has 2 N–H and O–H groups in total. The van der Waals surface area contributed by atoms with E-state index in [1.54, 1.807) is 0 Å². The van der Waals surface area contributed by atoms with Gasteiger partial charge in [-0.15, -0.1) is 0 Å². The molecule has 4 amide bonds. The maximum Gasteiger partial charge on any atom is 0.325 e. The maximum atomic E-state index is 13.0. The Morgan fingerprint density at radius 3 is 2.39 bits per heavy atom. The lowest BCUT2D eigenvalue weighted by Crippen LogP contribution is -2.51. The van der Waals surface area contributed by atoms with Crippen molar-refractivity contribution in [2.45, 2.75) is 65.0 Å². The van der Waals surface area contributed by atoms with Crippen LogP contribution in [0.15, 0.2) is 30.3 Å². The highest BCUT2D eigenvalue weighted by atomic mass is 16.2. The number of hydrogen-bond acceptors (Lipinski definition) is 3. The minimum atomic E-state index is -0.829. The van der Waals surface area contributed by atoms with E-state index in [1.807, 2.05) is 37.3 Å². The summed E-state index contributed by atoms with van der Waals surface area (Å²) in [6, 6.07) is 8.95. The number of benzene rings is 1. The second-order valence-electron chi connectivity index (χ2n) is 9.24. The molecule has 1 atom stereocenters. The molecule has 6 heteroatoms. The zero-order valence-electron chi connectivity index (χ0n) is 17.2. The Balaban J connectivity index is 1.60. The largest absolute Gasteiger partial charge is 0.348 e. The van der Waals surface area contributed by atoms with Crippen molar-refractivity contribution in [2.24, 2.45) is 11.3 Å². The van der Waals surface area contributed by atoms with Gasteiger partial charge in [0.15, 0.2) is 0 Å². The fourth-order valence-electron chi connectivity index (χ4n) is 4.39. The fraction of sp³-hybridized carbons (Fsp3) is 0.591. The van der Waals surface area contributed by atoms with Crippen LogP contribution in [-0.4, -0.2) is 34.8 Å². The average Bonchev–Trinajstić information content (AvgIpc) is 2.86. The molecule has 1 aromatic rings. The summed E-state index contributed by atoms with van der Waals surface area (Å²) in [7, 11) is 0. The molecule has 6 nitrogen and oxygen atoms in total. The molecule has 1 saturated carbocycles. The highest BCUT2D eigenvalue weighted by molar-refractivity contribution is 6.09. The Morgan fingerprint density at radius 1 is 1.21 bits per heavy atom. The smallest absolute Gasteiger partial charge is 0.325 e. The van der Waals surface area contributed by atoms with Crippen LogP contribution in [0, 0.1) is 11.3 Å². The van der Waals surface area contributed by atoms with Gasteiger partial charge in [0.2, 0.25) is 5.91 Å². The van der Waals surface area contributed by atoms with E-state index in [9.17, 15) is 14.4 Å². The third kappa shape index (κ3) is 4.05. The second-order valence-corrected chi connectivity index (χ2v) is 9.24. The van der Waals surface area contributed by atoms with Gasteiger partial charge in [-0.2, -0.15) is 0 Å². The van der Waals surface area contributed by atoms with Gasteiger partial charge in [-0.1, -0.05) is 51.1 Å². The number of nitrogens with one attached hydrogen (secondary N) is 2. The average molecular weight is 386 g/mol. The Morgan fingerprint density at radius 2 is 1.82 bits per heavy atom. The molecule has 1 heterocycles. The van der Waals surface area contributed by atoms with E-state index >= 15 is 0 Å². The van der Waals surface area contributed by atoms with Gasteiger partial charge in [0.25, 0.3) is 5.91 Å². The van der Waals surface area contributed by atoms with Crippen LogP contribution in [0.25, 0.3) is 0 Å². The molecule has 0 aromatic heterocycles. The molecule has 2 fully saturated rings. The van der Waals surface area contributed by atoms with Gasteiger partial charge in [0, 0.05) is 0 Å². The van der Waals surface area contributed by atoms with Crippen LogP contribution in [0.4, 0.5) is 4.79 Å². The van der Waals surface area contributed by atoms with Gasteiger partial charge in [0.05, 0.1) is 6.04 Å². The quantitative estimate of drug-likeness (QED) is 0.780. The van der Waals surface area contributed by atoms with Crippen molar-refractivity contribution in [3.63, 3.8) is 0 Å². The molecule has 1 spiro atoms. The summed E-state index contributed by atoms with van der Waals surface area (Å²) >= 11 is 0. The molecule has 2 aliphatic rings. The molecule has 0 radical (unpaired) electrons. The second kappa shape index (κ2) is 7.57. The van der Waals surface area contributed by atoms with Crippen LogP contribution >= 0.6 is 0 Å². The summed E-state index contributed by atoms with van der Waals surface area (Å²) in [5.41, 5.74) is 0.343. The lowest BCUT2D eigenvalue weighted by atomic mass is 9.67. The fourth-order valence-corrected chi connectivity index (χ4v) is 4.39. The van der Waals surface area contributed by atoms with Gasteiger partial charge in [0.1, 0.15) is 12.1 Å². The van der Waals surface area contributed by atoms with Crippen LogP contribution in [0.5, 0.6) is 0 Å². The summed E-state index contributed by atoms with van der Waals surface area (Å²) in [5, 5.41) is 5.76. The number of nitrogens with zero attached hydrogens (tertiary/aromatic N) is 1. The first-order chi connectivity index (χ1) is 13.1. The Hall–Kier alpha value is -2.37. The van der Waals surface area contributed by atoms with E-state index in [-0.39, 0.29) is 29.8 Å². The summed E-state index contributed by atoms with van der Waals surface area (Å²) in [6.07, 6.45) is 3.08. The van der Waals surface area contributed by atoms with Crippen LogP contribution in [0.3, 0.4) is 0 Å². The molecule has 0 unspecified atom stereocenters. The number of carbonyl (C=O) groups excluding carboxylic acids is 3. The molecule has 1 aliphatic heterocycles. The summed E-state index contributed by atoms with van der Waals surface area (Å²) in [4.78, 5) is 39.0. The molecule has 1 saturated heterocycles. The first-order valence-electron chi connectivity index (χ1n) is 10.1. The molecule has 1 aliphatic carbocycles. The van der Waals surface area contributed by atoms with Gasteiger partial charge >= 0.3 is 6.03 Å². The van der Waals surface area contributed by atoms with Crippen molar-refractivity contribution in [1.29, 1.82) is 0 Å². The zero-order valence-corrected chi connectivity index (χ0v) is 17.2. The van der Waals surface area contributed by atoms with E-state index in [2.05, 4.69) is 31.4 Å². The van der Waals surface area contributed by atoms with E-state index in [0.717, 1.165) is 23.3 Å². The summed E-state index contributed by atoms with van der Waals surface area (Å²) in [6.45, 7) is 8.29. The molecule has 1 aromatic carbocycles. The topological polar surface area (TPSA) is 78.5 Å². The van der Waals surface area contributed by atoms with Crippen LogP contribution in [0.1, 0.15) is 65.0 Å². The Bertz CT molecular complexity index is 746. The van der Waals surface area contributed by atoms with Crippen LogP contribution < -0.4 is 10.6 Å². The first-order valence-corrected chi connectivity index (χ1v) is 10.1. The van der Waals surface area contributed by atoms with Gasteiger partial charge < -0.3 is 10.6 Å². The van der Waals surface area contributed by atoms with Crippen molar-refractivity contribution in [3.8, 4) is 0 Å². The van der Waals surface area contributed by atoms with E-state index in [1.165, 1.54) is 0 Å². The van der Waals surface area contributed by atoms with Gasteiger partial charge in [-0.25, -0.2) is 4.79 Å². The minimum Gasteiger partial charge on any atom is -0.348 e. The maximum absolute atomic E-state index is 13.0. The lowest BCUT2D eigenvalue weighted by Gasteiger charge is -2.40. The number of urea groups is 1. The van der Waals surface area contributed by atoms with E-state index in [0.29, 0.717) is 18.8 Å². The number of rotatable bonds is 4. The third-order valence-corrected chi connectivity index (χ3v) is 6.29. The summed E-state index contributed by atoms with van der Waals surface area (Å²) < 4.78 is 0. The molecular weight excluding hydrogens is 354 g/mol. The predicted molar refractivity (Wildman–Crippen MR) is 107 cm³/mol. The summed E-state index contributed by atoms with van der Waals surface area (Å²) in [5.74, 6) is -0.0560. The van der Waals surface area contributed by atoms with Crippen molar-refractivity contribution in [3.05, 3.63) is 35.9 Å². The SMILES string of the molecule is C[C@@H](NC(=O)CN1C(=O)NC2(CCC(C(C)(C)C)CC2)C1=O)c1ccccc1. The zero-order chi connectivity index (χ0) is 20.5. The van der Waals surface area contributed by atoms with Gasteiger partial charge in [-0.05, 0) is 49.5 Å². The molecule has 3 rings (SSSR count). The predicted octanol–water partition coefficient (Wildman–Crippen LogP) is 3.39. The molecule has 152 valence electrons. The number of carbonyl (C=O) groups is 3. The number of hydrogen-bond donors (Lipinski definition) is 2. The van der Waals surface area contributed by atoms with Crippen molar-refractivity contribution >= 4 is 17.8 Å². The van der Waals surface area contributed by atoms with Crippen molar-refractivity contribution in [2.75, 3.05) is 6.54 Å². The molecule has 0 bridgehead atoms. The number of imide groups is 1. The molecule has 28 heavy (non-hydrogen) atoms. The molecular formula is C22H31N3O3. The lowest BCUT2D eigenvalue weighted by molar-refractivity contribution is -0.136. The Kier molecular flexibility index (Phi) is 5.50. The number of amides is 4. The van der Waals surface area contributed by atoms with Crippen LogP contribution in [0.2, 0.25) is 0 Å². The minimum absolute atomic E-state index is 0.189. The standard InChI is InChI=1S/C22H31N3O3/c1-15(16-8-6-5-7-9-16)23-18(26)14-25-19(27)22(24-20(25)28)12-10-17(11-13-22)21(2,3)4/h5-9,15,17H,10-14H2,1-4H3,(H,23,26)(H,24,28)/t15-,17?,22?/m1/s1. The Labute approximate surface area is 167 Å². The van der Waals surface area contributed by atoms with Crippen molar-refractivity contribution in [1.82, 2.24) is 15.5 Å². The van der Waals surface area contributed by atoms with Crippen LogP contribution in [-0.2, 0) is 9.59 Å².